The largest absolute Gasteiger partial charge is 0.205 e. The molecule has 3 aromatic rings. The van der Waals surface area contributed by atoms with Crippen LogP contribution < -0.4 is 0 Å². The lowest BCUT2D eigenvalue weighted by Crippen LogP contribution is -1.87. The maximum absolute atomic E-state index is 14.5. The molecule has 0 nitrogen and oxygen atoms in total. The van der Waals surface area contributed by atoms with Crippen molar-refractivity contribution in [3.8, 4) is 11.8 Å². The second-order valence-corrected chi connectivity index (χ2v) is 5.45. The molecule has 0 aliphatic heterocycles. The van der Waals surface area contributed by atoms with E-state index in [1.807, 2.05) is 43.3 Å². The quantitative estimate of drug-likeness (QED) is 0.536. The molecule has 3 rings (SSSR count). The lowest BCUT2D eigenvalue weighted by Gasteiger charge is -2.03. The molecule has 0 N–H and O–H groups in total. The van der Waals surface area contributed by atoms with E-state index in [9.17, 15) is 4.39 Å². The fourth-order valence-electron chi connectivity index (χ4n) is 2.47. The van der Waals surface area contributed by atoms with Gasteiger partial charge in [-0.1, -0.05) is 60.7 Å². The Morgan fingerprint density at radius 2 is 1.68 bits per heavy atom. The Kier molecular flexibility index (Phi) is 3.94. The van der Waals surface area contributed by atoms with Gasteiger partial charge in [0.25, 0.3) is 0 Å². The number of fused-ring (bicyclic) bond motifs is 1. The van der Waals surface area contributed by atoms with Crippen molar-refractivity contribution in [1.29, 1.82) is 0 Å². The molecule has 1 heteroatoms. The highest BCUT2D eigenvalue weighted by molar-refractivity contribution is 5.85. The SMILES string of the molecule is CCc1ccc(C#Cc2ccc3cc(C)ccc3c2F)cc1. The van der Waals surface area contributed by atoms with E-state index >= 15 is 0 Å². The Morgan fingerprint density at radius 1 is 0.909 bits per heavy atom. The average Bonchev–Trinajstić information content (AvgIpc) is 2.54. The van der Waals surface area contributed by atoms with Gasteiger partial charge in [-0.2, -0.15) is 0 Å². The van der Waals surface area contributed by atoms with E-state index in [0.29, 0.717) is 10.9 Å². The van der Waals surface area contributed by atoms with Gasteiger partial charge in [0.2, 0.25) is 0 Å². The van der Waals surface area contributed by atoms with E-state index in [1.54, 1.807) is 6.07 Å². The third-order valence-electron chi connectivity index (χ3n) is 3.81. The summed E-state index contributed by atoms with van der Waals surface area (Å²) in [6.45, 7) is 4.12. The van der Waals surface area contributed by atoms with E-state index in [1.165, 1.54) is 5.56 Å². The van der Waals surface area contributed by atoms with E-state index in [-0.39, 0.29) is 5.82 Å². The first kappa shape index (κ1) is 14.4. The molecule has 0 heterocycles. The molecule has 108 valence electrons. The van der Waals surface area contributed by atoms with E-state index in [2.05, 4.69) is 30.9 Å². The highest BCUT2D eigenvalue weighted by Crippen LogP contribution is 2.22. The number of hydrogen-bond acceptors (Lipinski definition) is 0. The minimum Gasteiger partial charge on any atom is -0.205 e. The first-order valence-corrected chi connectivity index (χ1v) is 7.47. The Bertz CT molecular complexity index is 877. The lowest BCUT2D eigenvalue weighted by atomic mass is 10.0. The fourth-order valence-corrected chi connectivity index (χ4v) is 2.47. The van der Waals surface area contributed by atoms with Crippen LogP contribution in [0.5, 0.6) is 0 Å². The van der Waals surface area contributed by atoms with Crippen molar-refractivity contribution in [2.24, 2.45) is 0 Å². The summed E-state index contributed by atoms with van der Waals surface area (Å²) in [4.78, 5) is 0. The maximum Gasteiger partial charge on any atom is 0.146 e. The van der Waals surface area contributed by atoms with Crippen LogP contribution in [0.4, 0.5) is 4.39 Å². The number of hydrogen-bond donors (Lipinski definition) is 0. The number of rotatable bonds is 1. The van der Waals surface area contributed by atoms with Crippen LogP contribution in [0, 0.1) is 24.6 Å². The standard InChI is InChI=1S/C21H17F/c1-3-16-5-7-17(8-6-16)9-10-18-11-12-19-14-15(2)4-13-20(19)21(18)22/h4-8,11-14H,3H2,1-2H3. The van der Waals surface area contributed by atoms with Gasteiger partial charge in [0, 0.05) is 10.9 Å². The van der Waals surface area contributed by atoms with Crippen LogP contribution >= 0.6 is 0 Å². The van der Waals surface area contributed by atoms with Crippen molar-refractivity contribution in [3.05, 3.63) is 82.7 Å². The number of benzene rings is 3. The Balaban J connectivity index is 1.99. The minimum atomic E-state index is -0.241. The molecule has 0 saturated carbocycles. The zero-order valence-corrected chi connectivity index (χ0v) is 12.8. The first-order valence-electron chi connectivity index (χ1n) is 7.47. The molecule has 0 aliphatic carbocycles. The summed E-state index contributed by atoms with van der Waals surface area (Å²) in [6, 6.07) is 17.5. The summed E-state index contributed by atoms with van der Waals surface area (Å²) in [5.74, 6) is 5.75. The van der Waals surface area contributed by atoms with Crippen LogP contribution in [0.15, 0.2) is 54.6 Å². The van der Waals surface area contributed by atoms with Gasteiger partial charge in [0.15, 0.2) is 0 Å². The average molecular weight is 288 g/mol. The summed E-state index contributed by atoms with van der Waals surface area (Å²) in [6.07, 6.45) is 1.01. The molecule has 0 fully saturated rings. The second-order valence-electron chi connectivity index (χ2n) is 5.45. The highest BCUT2D eigenvalue weighted by Gasteiger charge is 2.05. The van der Waals surface area contributed by atoms with Crippen LogP contribution in [0.3, 0.4) is 0 Å². The van der Waals surface area contributed by atoms with E-state index in [0.717, 1.165) is 22.9 Å². The van der Waals surface area contributed by atoms with Crippen LogP contribution in [0.1, 0.15) is 29.2 Å². The molecule has 22 heavy (non-hydrogen) atoms. The van der Waals surface area contributed by atoms with Crippen LogP contribution in [0.25, 0.3) is 10.8 Å². The molecule has 0 saturated heterocycles. The van der Waals surface area contributed by atoms with Gasteiger partial charge in [-0.3, -0.25) is 0 Å². The van der Waals surface area contributed by atoms with Crippen molar-refractivity contribution < 1.29 is 4.39 Å². The molecule has 0 aromatic heterocycles. The summed E-state index contributed by atoms with van der Waals surface area (Å²) in [5, 5.41) is 1.54. The van der Waals surface area contributed by atoms with Crippen molar-refractivity contribution in [3.63, 3.8) is 0 Å². The van der Waals surface area contributed by atoms with E-state index in [4.69, 9.17) is 0 Å². The molecular formula is C21H17F. The number of aryl methyl sites for hydroxylation is 2. The third kappa shape index (κ3) is 2.87. The maximum atomic E-state index is 14.5. The Hall–Kier alpha value is -2.59. The third-order valence-corrected chi connectivity index (χ3v) is 3.81. The van der Waals surface area contributed by atoms with Gasteiger partial charge >= 0.3 is 0 Å². The minimum absolute atomic E-state index is 0.241. The Labute approximate surface area is 130 Å². The zero-order valence-electron chi connectivity index (χ0n) is 12.8. The molecule has 0 aliphatic rings. The van der Waals surface area contributed by atoms with Crippen molar-refractivity contribution in [2.75, 3.05) is 0 Å². The van der Waals surface area contributed by atoms with Crippen LogP contribution in [-0.2, 0) is 6.42 Å². The fraction of sp³-hybridized carbons (Fsp3) is 0.143. The van der Waals surface area contributed by atoms with Gasteiger partial charge in [-0.25, -0.2) is 4.39 Å². The van der Waals surface area contributed by atoms with Crippen molar-refractivity contribution >= 4 is 10.8 Å². The molecule has 0 bridgehead atoms. The normalized spacial score (nSPS) is 10.3. The van der Waals surface area contributed by atoms with E-state index < -0.39 is 0 Å². The first-order chi connectivity index (χ1) is 10.7. The smallest absolute Gasteiger partial charge is 0.146 e. The topological polar surface area (TPSA) is 0 Å². The van der Waals surface area contributed by atoms with Crippen molar-refractivity contribution in [1.82, 2.24) is 0 Å². The molecule has 0 amide bonds. The predicted octanol–water partition coefficient (Wildman–Crippen LogP) is 5.25. The van der Waals surface area contributed by atoms with Gasteiger partial charge in [-0.05, 0) is 42.5 Å². The summed E-state index contributed by atoms with van der Waals surface area (Å²) in [7, 11) is 0. The lowest BCUT2D eigenvalue weighted by molar-refractivity contribution is 0.636. The molecule has 0 radical (unpaired) electrons. The van der Waals surface area contributed by atoms with Crippen molar-refractivity contribution in [2.45, 2.75) is 20.3 Å². The predicted molar refractivity (Wildman–Crippen MR) is 90.4 cm³/mol. The van der Waals surface area contributed by atoms with Gasteiger partial charge in [0.1, 0.15) is 5.82 Å². The zero-order chi connectivity index (χ0) is 15.5. The highest BCUT2D eigenvalue weighted by atomic mass is 19.1. The second kappa shape index (κ2) is 6.03. The molecule has 0 atom stereocenters. The summed E-state index contributed by atoms with van der Waals surface area (Å²) >= 11 is 0. The monoisotopic (exact) mass is 288 g/mol. The molecule has 3 aromatic carbocycles. The Morgan fingerprint density at radius 3 is 2.41 bits per heavy atom. The number of halogens is 1. The summed E-state index contributed by atoms with van der Waals surface area (Å²) in [5.41, 5.74) is 3.75. The van der Waals surface area contributed by atoms with Gasteiger partial charge < -0.3 is 0 Å². The molecular weight excluding hydrogens is 271 g/mol. The van der Waals surface area contributed by atoms with Crippen LogP contribution in [0.2, 0.25) is 0 Å². The van der Waals surface area contributed by atoms with Crippen LogP contribution in [-0.4, -0.2) is 0 Å². The molecule has 0 spiro atoms. The molecule has 0 unspecified atom stereocenters. The van der Waals surface area contributed by atoms with Gasteiger partial charge in [-0.15, -0.1) is 0 Å². The summed E-state index contributed by atoms with van der Waals surface area (Å²) < 4.78 is 14.5. The van der Waals surface area contributed by atoms with Gasteiger partial charge in [0.05, 0.1) is 5.56 Å².